The molecule has 0 aliphatic carbocycles. The largest absolute Gasteiger partial charge is 0.329 e. The van der Waals surface area contributed by atoms with Gasteiger partial charge in [-0.2, -0.15) is 0 Å². The Balaban J connectivity index is 2.22. The van der Waals surface area contributed by atoms with E-state index in [1.807, 2.05) is 20.8 Å². The number of aromatic amines is 1. The molecule has 0 spiro atoms. The normalized spacial score (nSPS) is 11.8. The van der Waals surface area contributed by atoms with E-state index in [9.17, 15) is 22.8 Å². The van der Waals surface area contributed by atoms with Gasteiger partial charge < -0.3 is 5.32 Å². The summed E-state index contributed by atoms with van der Waals surface area (Å²) in [6.07, 6.45) is 0.621. The zero-order chi connectivity index (χ0) is 23.8. The van der Waals surface area contributed by atoms with Crippen molar-refractivity contribution in [3.63, 3.8) is 0 Å². The van der Waals surface area contributed by atoms with E-state index in [0.29, 0.717) is 24.2 Å². The van der Waals surface area contributed by atoms with Crippen LogP contribution in [0.2, 0.25) is 0 Å². The minimum atomic E-state index is -3.99. The van der Waals surface area contributed by atoms with Crippen molar-refractivity contribution >= 4 is 32.7 Å². The summed E-state index contributed by atoms with van der Waals surface area (Å²) in [4.78, 5) is 44.8. The summed E-state index contributed by atoms with van der Waals surface area (Å²) in [5.41, 5.74) is 0.00102. The summed E-state index contributed by atoms with van der Waals surface area (Å²) in [7, 11) is -3.99. The lowest BCUT2D eigenvalue weighted by Gasteiger charge is -2.15. The maximum atomic E-state index is 13.2. The fourth-order valence-corrected chi connectivity index (χ4v) is 4.19. The van der Waals surface area contributed by atoms with Crippen LogP contribution in [-0.4, -0.2) is 28.9 Å². The van der Waals surface area contributed by atoms with Crippen molar-refractivity contribution in [1.82, 2.24) is 14.5 Å². The molecule has 3 rings (SSSR count). The molecular formula is C21H25N5O5S. The molecule has 1 amide bonds. The number of nitrogens with one attached hydrogen (secondary N) is 2. The summed E-state index contributed by atoms with van der Waals surface area (Å²) in [6.45, 7) is 7.54. The third-order valence-electron chi connectivity index (χ3n) is 5.00. The molecule has 0 aliphatic rings. The molecule has 0 bridgehead atoms. The van der Waals surface area contributed by atoms with Crippen molar-refractivity contribution in [2.75, 3.05) is 5.32 Å². The summed E-state index contributed by atoms with van der Waals surface area (Å²) < 4.78 is 25.0. The number of carbonyl (C=O) groups excluding carboxylic acids is 1. The Morgan fingerprint density at radius 3 is 2.53 bits per heavy atom. The van der Waals surface area contributed by atoms with Gasteiger partial charge in [-0.05, 0) is 43.0 Å². The van der Waals surface area contributed by atoms with Crippen molar-refractivity contribution in [2.45, 2.75) is 51.5 Å². The van der Waals surface area contributed by atoms with Crippen LogP contribution in [0.1, 0.15) is 54.7 Å². The highest BCUT2D eigenvalue weighted by Crippen LogP contribution is 2.23. The lowest BCUT2D eigenvalue weighted by Crippen LogP contribution is -2.32. The van der Waals surface area contributed by atoms with Crippen LogP contribution in [0.3, 0.4) is 0 Å². The lowest BCUT2D eigenvalue weighted by molar-refractivity contribution is 0.102. The Hall–Kier alpha value is -3.31. The van der Waals surface area contributed by atoms with Gasteiger partial charge in [0.15, 0.2) is 5.65 Å². The number of anilines is 1. The lowest BCUT2D eigenvalue weighted by atomic mass is 10.0. The maximum absolute atomic E-state index is 13.2. The van der Waals surface area contributed by atoms with Crippen LogP contribution >= 0.6 is 0 Å². The predicted octanol–water partition coefficient (Wildman–Crippen LogP) is 1.83. The van der Waals surface area contributed by atoms with Gasteiger partial charge in [0.25, 0.3) is 11.5 Å². The Morgan fingerprint density at radius 2 is 1.94 bits per heavy atom. The van der Waals surface area contributed by atoms with Gasteiger partial charge in [-0.1, -0.05) is 26.8 Å². The molecule has 3 aromatic rings. The number of nitrogens with two attached hydrogens (primary N) is 1. The van der Waals surface area contributed by atoms with Gasteiger partial charge in [0.2, 0.25) is 10.0 Å². The van der Waals surface area contributed by atoms with Crippen LogP contribution in [0.15, 0.2) is 38.8 Å². The highest BCUT2D eigenvalue weighted by atomic mass is 32.2. The summed E-state index contributed by atoms with van der Waals surface area (Å²) in [6, 6.07) is 5.82. The third kappa shape index (κ3) is 4.48. The number of primary sulfonamides is 1. The molecule has 2 aromatic heterocycles. The number of amides is 1. The van der Waals surface area contributed by atoms with Gasteiger partial charge in [-0.15, -0.1) is 0 Å². The van der Waals surface area contributed by atoms with Gasteiger partial charge in [0.05, 0.1) is 15.8 Å². The number of aryl methyl sites for hydroxylation is 2. The highest BCUT2D eigenvalue weighted by molar-refractivity contribution is 7.89. The number of hydrogen-bond acceptors (Lipinski definition) is 6. The number of fused-ring (bicyclic) bond motifs is 1. The number of H-pyrrole nitrogens is 1. The first kappa shape index (κ1) is 23.4. The van der Waals surface area contributed by atoms with E-state index in [-0.39, 0.29) is 33.1 Å². The Labute approximate surface area is 184 Å². The highest BCUT2D eigenvalue weighted by Gasteiger charge is 2.21. The molecular weight excluding hydrogens is 434 g/mol. The average Bonchev–Trinajstić information content (AvgIpc) is 2.70. The number of pyridine rings is 1. The van der Waals surface area contributed by atoms with Crippen LogP contribution in [0.4, 0.5) is 5.69 Å². The van der Waals surface area contributed by atoms with Gasteiger partial charge in [-0.3, -0.25) is 19.1 Å². The molecule has 0 saturated heterocycles. The second-order valence-electron chi connectivity index (χ2n) is 7.84. The molecule has 0 unspecified atom stereocenters. The molecule has 0 radical (unpaired) electrons. The van der Waals surface area contributed by atoms with Crippen molar-refractivity contribution in [3.8, 4) is 0 Å². The zero-order valence-electron chi connectivity index (χ0n) is 18.2. The van der Waals surface area contributed by atoms with E-state index in [1.54, 1.807) is 6.92 Å². The van der Waals surface area contributed by atoms with Crippen LogP contribution in [0.5, 0.6) is 0 Å². The molecule has 170 valence electrons. The number of sulfonamides is 1. The number of nitrogens with zero attached hydrogens (tertiary/aromatic N) is 2. The van der Waals surface area contributed by atoms with E-state index >= 15 is 0 Å². The van der Waals surface area contributed by atoms with Crippen molar-refractivity contribution in [3.05, 3.63) is 61.9 Å². The second kappa shape index (κ2) is 8.67. The standard InChI is InChI=1S/C21H25N5O5S/c1-5-8-26-18-17(20(28)25-21(26)29)14(10-15(24-18)11(2)3)19(27)23-13-7-6-12(4)16(9-13)32(22,30)31/h6-7,9-11H,5,8H2,1-4H3,(H,23,27)(H2,22,30,31)(H,25,28,29). The predicted molar refractivity (Wildman–Crippen MR) is 122 cm³/mol. The maximum Gasteiger partial charge on any atom is 0.329 e. The quantitative estimate of drug-likeness (QED) is 0.510. The number of carbonyl (C=O) groups is 1. The monoisotopic (exact) mass is 459 g/mol. The first-order valence-corrected chi connectivity index (χ1v) is 11.6. The molecule has 10 nitrogen and oxygen atoms in total. The van der Waals surface area contributed by atoms with E-state index in [2.05, 4.69) is 15.3 Å². The minimum Gasteiger partial charge on any atom is -0.322 e. The number of benzene rings is 1. The summed E-state index contributed by atoms with van der Waals surface area (Å²) >= 11 is 0. The average molecular weight is 460 g/mol. The van der Waals surface area contributed by atoms with Crippen molar-refractivity contribution < 1.29 is 13.2 Å². The van der Waals surface area contributed by atoms with Crippen LogP contribution in [0, 0.1) is 6.92 Å². The molecule has 0 fully saturated rings. The number of hydrogen-bond donors (Lipinski definition) is 3. The molecule has 0 saturated carbocycles. The molecule has 32 heavy (non-hydrogen) atoms. The minimum absolute atomic E-state index is 0.0151. The molecule has 2 heterocycles. The zero-order valence-corrected chi connectivity index (χ0v) is 19.0. The fraction of sp³-hybridized carbons (Fsp3) is 0.333. The number of rotatable bonds is 6. The molecule has 0 atom stereocenters. The smallest absolute Gasteiger partial charge is 0.322 e. The Kier molecular flexibility index (Phi) is 6.33. The Bertz CT molecular complexity index is 1440. The number of aromatic nitrogens is 3. The van der Waals surface area contributed by atoms with E-state index < -0.39 is 27.2 Å². The molecule has 0 aliphatic heterocycles. The van der Waals surface area contributed by atoms with Gasteiger partial charge in [0, 0.05) is 17.9 Å². The molecule has 1 aromatic carbocycles. The fourth-order valence-electron chi connectivity index (χ4n) is 3.38. The SMILES string of the molecule is CCCn1c(=O)[nH]c(=O)c2c(C(=O)Nc3ccc(C)c(S(N)(=O)=O)c3)cc(C(C)C)nc21. The second-order valence-corrected chi connectivity index (χ2v) is 9.37. The summed E-state index contributed by atoms with van der Waals surface area (Å²) in [5, 5.41) is 7.86. The van der Waals surface area contributed by atoms with E-state index in [4.69, 9.17) is 5.14 Å². The van der Waals surface area contributed by atoms with Gasteiger partial charge >= 0.3 is 5.69 Å². The summed E-state index contributed by atoms with van der Waals surface area (Å²) in [5.74, 6) is -0.723. The first-order chi connectivity index (χ1) is 14.9. The van der Waals surface area contributed by atoms with E-state index in [1.165, 1.54) is 28.8 Å². The first-order valence-electron chi connectivity index (χ1n) is 10.1. The van der Waals surface area contributed by atoms with Crippen LogP contribution in [-0.2, 0) is 16.6 Å². The molecule has 11 heteroatoms. The van der Waals surface area contributed by atoms with E-state index in [0.717, 1.165) is 0 Å². The van der Waals surface area contributed by atoms with Crippen molar-refractivity contribution in [1.29, 1.82) is 0 Å². The van der Waals surface area contributed by atoms with Crippen molar-refractivity contribution in [2.24, 2.45) is 5.14 Å². The Morgan fingerprint density at radius 1 is 1.25 bits per heavy atom. The van der Waals surface area contributed by atoms with Crippen LogP contribution < -0.4 is 21.7 Å². The van der Waals surface area contributed by atoms with Gasteiger partial charge in [0.1, 0.15) is 0 Å². The topological polar surface area (TPSA) is 157 Å². The van der Waals surface area contributed by atoms with Crippen LogP contribution in [0.25, 0.3) is 11.0 Å². The third-order valence-corrected chi connectivity index (χ3v) is 6.06. The van der Waals surface area contributed by atoms with Gasteiger partial charge in [-0.25, -0.2) is 23.3 Å². The molecule has 4 N–H and O–H groups in total.